The van der Waals surface area contributed by atoms with Gasteiger partial charge in [-0.3, -0.25) is 14.5 Å². The molecule has 1 aromatic rings. The molecule has 0 saturated carbocycles. The van der Waals surface area contributed by atoms with Crippen LogP contribution >= 0.6 is 0 Å². The number of ether oxygens (including phenoxy) is 2. The van der Waals surface area contributed by atoms with Crippen LogP contribution in [0, 0.1) is 17.8 Å². The van der Waals surface area contributed by atoms with Gasteiger partial charge in [0, 0.05) is 32.4 Å². The molecule has 1 saturated heterocycles. The number of nitrogens with one attached hydrogen (secondary N) is 2. The van der Waals surface area contributed by atoms with Gasteiger partial charge in [0.1, 0.15) is 30.8 Å². The highest BCUT2D eigenvalue weighted by atomic mass is 16.5. The topological polar surface area (TPSA) is 124 Å². The number of carboxylic acid groups (broad SMARTS) is 1. The van der Waals surface area contributed by atoms with Gasteiger partial charge in [-0.15, -0.1) is 0 Å². The third-order valence-corrected chi connectivity index (χ3v) is 10.4. The first kappa shape index (κ1) is 41.7. The summed E-state index contributed by atoms with van der Waals surface area (Å²) in [6.07, 6.45) is 8.37. The van der Waals surface area contributed by atoms with Gasteiger partial charge in [0.05, 0.1) is 36.1 Å². The lowest BCUT2D eigenvalue weighted by molar-refractivity contribution is -0.139. The van der Waals surface area contributed by atoms with Crippen molar-refractivity contribution in [2.75, 3.05) is 34.2 Å². The lowest BCUT2D eigenvalue weighted by atomic mass is 9.90. The fourth-order valence-corrected chi connectivity index (χ4v) is 7.67. The van der Waals surface area contributed by atoms with E-state index in [-0.39, 0.29) is 66.4 Å². The van der Waals surface area contributed by atoms with Crippen LogP contribution in [0.1, 0.15) is 86.1 Å². The molecule has 4 rings (SSSR count). The van der Waals surface area contributed by atoms with E-state index in [9.17, 15) is 19.5 Å². The standard InChI is InChI=1S/C37H57N5O6.C3H8/c1-9-24(4)34(41(8)32(43)20-38-36(44)33(23(2)3)40(6)7)31-19-27(21-47-31)42-17-13-16-30(42)35-25(5)29(22-48-35)39-28(37(45)46)18-26-14-11-10-12-15-26;1-3-2/h10-12,14-15,21-25,28,30-31,33-35,39H,9,13,16-20H2,1-8H3,(H,38,44)(H,45,46);3H2,1-2H3/t24?,25-,28-,30-,31?,33?,34?,35+;/m0./s1. The van der Waals surface area contributed by atoms with Crippen molar-refractivity contribution in [3.05, 3.63) is 59.8 Å². The van der Waals surface area contributed by atoms with E-state index < -0.39 is 12.0 Å². The molecule has 0 bridgehead atoms. The highest BCUT2D eigenvalue weighted by Crippen LogP contribution is 2.39. The molecule has 8 atom stereocenters. The molecule has 4 unspecified atom stereocenters. The molecule has 0 spiro atoms. The van der Waals surface area contributed by atoms with Gasteiger partial charge in [0.2, 0.25) is 11.8 Å². The molecule has 11 heteroatoms. The Morgan fingerprint density at radius 1 is 1.02 bits per heavy atom. The predicted molar refractivity (Wildman–Crippen MR) is 201 cm³/mol. The second-order valence-corrected chi connectivity index (χ2v) is 15.0. The fourth-order valence-electron chi connectivity index (χ4n) is 7.67. The zero-order chi connectivity index (χ0) is 37.8. The number of benzene rings is 1. The third-order valence-electron chi connectivity index (χ3n) is 10.4. The molecule has 3 aliphatic heterocycles. The first-order chi connectivity index (χ1) is 24.2. The van der Waals surface area contributed by atoms with E-state index >= 15 is 0 Å². The average molecular weight is 712 g/mol. The number of likely N-dealkylation sites (tertiary alicyclic amines) is 1. The average Bonchev–Trinajstić information content (AvgIpc) is 3.84. The Labute approximate surface area is 306 Å². The molecule has 3 heterocycles. The molecule has 0 aromatic heterocycles. The highest BCUT2D eigenvalue weighted by molar-refractivity contribution is 5.87. The normalized spacial score (nSPS) is 23.6. The van der Waals surface area contributed by atoms with Gasteiger partial charge in [0.15, 0.2) is 0 Å². The van der Waals surface area contributed by atoms with Crippen LogP contribution in [-0.4, -0.2) is 108 Å². The quantitative estimate of drug-likeness (QED) is 0.212. The number of rotatable bonds is 16. The van der Waals surface area contributed by atoms with Crippen LogP contribution in [0.5, 0.6) is 0 Å². The van der Waals surface area contributed by atoms with Crippen LogP contribution in [0.2, 0.25) is 0 Å². The molecule has 2 amide bonds. The zero-order valence-corrected chi connectivity index (χ0v) is 32.7. The Hall–Kier alpha value is -3.73. The molecule has 286 valence electrons. The SMILES string of the molecule is CCC.CCC(C)C(C1CC(N2CCC[C@H]2[C@@H]2OC=C(N[C@@H](Cc3ccccc3)C(=O)O)[C@@H]2C)=CO1)N(C)C(=O)CNC(=O)C(C(C)C)N(C)C. The van der Waals surface area contributed by atoms with Crippen molar-refractivity contribution in [2.24, 2.45) is 17.8 Å². The summed E-state index contributed by atoms with van der Waals surface area (Å²) in [4.78, 5) is 44.5. The predicted octanol–water partition coefficient (Wildman–Crippen LogP) is 5.23. The van der Waals surface area contributed by atoms with Crippen molar-refractivity contribution in [1.29, 1.82) is 0 Å². The first-order valence-electron chi connectivity index (χ1n) is 18.9. The van der Waals surface area contributed by atoms with Crippen molar-refractivity contribution in [1.82, 2.24) is 25.3 Å². The smallest absolute Gasteiger partial charge is 0.326 e. The van der Waals surface area contributed by atoms with Gasteiger partial charge in [-0.2, -0.15) is 0 Å². The summed E-state index contributed by atoms with van der Waals surface area (Å²) in [6.45, 7) is 15.4. The van der Waals surface area contributed by atoms with Crippen molar-refractivity contribution >= 4 is 17.8 Å². The maximum atomic E-state index is 13.4. The number of carbonyl (C=O) groups excluding carboxylic acids is 2. The van der Waals surface area contributed by atoms with Crippen LogP contribution < -0.4 is 10.6 Å². The second kappa shape index (κ2) is 19.8. The van der Waals surface area contributed by atoms with Crippen LogP contribution in [0.15, 0.2) is 54.3 Å². The van der Waals surface area contributed by atoms with Crippen LogP contribution in [0.4, 0.5) is 0 Å². The summed E-state index contributed by atoms with van der Waals surface area (Å²) < 4.78 is 12.6. The van der Waals surface area contributed by atoms with E-state index in [1.165, 1.54) is 6.42 Å². The number of likely N-dealkylation sites (N-methyl/N-ethyl adjacent to an activating group) is 2. The Kier molecular flexibility index (Phi) is 16.2. The summed E-state index contributed by atoms with van der Waals surface area (Å²) in [6, 6.07) is 8.52. The van der Waals surface area contributed by atoms with Crippen LogP contribution in [0.25, 0.3) is 0 Å². The van der Waals surface area contributed by atoms with Crippen molar-refractivity contribution in [2.45, 2.75) is 123 Å². The molecule has 3 N–H and O–H groups in total. The van der Waals surface area contributed by atoms with Crippen LogP contribution in [-0.2, 0) is 30.3 Å². The molecular formula is C40H65N5O6. The second-order valence-electron chi connectivity index (χ2n) is 15.0. The molecule has 1 fully saturated rings. The van der Waals surface area contributed by atoms with Gasteiger partial charge in [0.25, 0.3) is 0 Å². The number of nitrogens with zero attached hydrogens (tertiary/aromatic N) is 3. The van der Waals surface area contributed by atoms with Crippen molar-refractivity contribution in [3.8, 4) is 0 Å². The number of hydrogen-bond donors (Lipinski definition) is 3. The van der Waals surface area contributed by atoms with Gasteiger partial charge in [-0.05, 0) is 44.3 Å². The molecule has 1 aromatic carbocycles. The molecular weight excluding hydrogens is 646 g/mol. The Morgan fingerprint density at radius 2 is 1.69 bits per heavy atom. The number of aliphatic carboxylic acids is 1. The van der Waals surface area contributed by atoms with Gasteiger partial charge in [-0.1, -0.05) is 91.6 Å². The fraction of sp³-hybridized carbons (Fsp3) is 0.675. The first-order valence-corrected chi connectivity index (χ1v) is 18.9. The Bertz CT molecular complexity index is 1330. The van der Waals surface area contributed by atoms with E-state index in [1.54, 1.807) is 11.2 Å². The largest absolute Gasteiger partial charge is 0.494 e. The van der Waals surface area contributed by atoms with E-state index in [2.05, 4.69) is 50.2 Å². The minimum Gasteiger partial charge on any atom is -0.494 e. The van der Waals surface area contributed by atoms with Crippen molar-refractivity contribution in [3.63, 3.8) is 0 Å². The van der Waals surface area contributed by atoms with E-state index in [4.69, 9.17) is 9.47 Å². The number of amides is 2. The highest BCUT2D eigenvalue weighted by Gasteiger charge is 2.44. The summed E-state index contributed by atoms with van der Waals surface area (Å²) in [5, 5.41) is 16.1. The van der Waals surface area contributed by atoms with Crippen molar-refractivity contribution < 1.29 is 29.0 Å². The molecule has 0 aliphatic carbocycles. The minimum absolute atomic E-state index is 0.0124. The summed E-state index contributed by atoms with van der Waals surface area (Å²) in [5.74, 6) is -0.903. The van der Waals surface area contributed by atoms with E-state index in [0.717, 1.165) is 42.8 Å². The minimum atomic E-state index is -0.896. The zero-order valence-electron chi connectivity index (χ0n) is 32.7. The molecule has 3 aliphatic rings. The maximum absolute atomic E-state index is 13.4. The molecule has 51 heavy (non-hydrogen) atoms. The lowest BCUT2D eigenvalue weighted by Gasteiger charge is -2.37. The molecule has 11 nitrogen and oxygen atoms in total. The lowest BCUT2D eigenvalue weighted by Crippen LogP contribution is -2.53. The maximum Gasteiger partial charge on any atom is 0.326 e. The van der Waals surface area contributed by atoms with Gasteiger partial charge < -0.3 is 35.0 Å². The number of carbonyl (C=O) groups is 3. The number of carboxylic acids is 1. The summed E-state index contributed by atoms with van der Waals surface area (Å²) in [5.41, 5.74) is 2.86. The van der Waals surface area contributed by atoms with Crippen LogP contribution in [0.3, 0.4) is 0 Å². The molecule has 0 radical (unpaired) electrons. The Morgan fingerprint density at radius 3 is 2.27 bits per heavy atom. The van der Waals surface area contributed by atoms with E-state index in [0.29, 0.717) is 12.8 Å². The number of hydrogen-bond acceptors (Lipinski definition) is 8. The summed E-state index contributed by atoms with van der Waals surface area (Å²) >= 11 is 0. The Balaban J connectivity index is 0.00000226. The third kappa shape index (κ3) is 10.9. The summed E-state index contributed by atoms with van der Waals surface area (Å²) in [7, 11) is 5.56. The van der Waals surface area contributed by atoms with Gasteiger partial charge in [-0.25, -0.2) is 4.79 Å². The van der Waals surface area contributed by atoms with E-state index in [1.807, 2.05) is 76.5 Å². The van der Waals surface area contributed by atoms with Gasteiger partial charge >= 0.3 is 5.97 Å². The monoisotopic (exact) mass is 711 g/mol.